The zero-order valence-electron chi connectivity index (χ0n) is 7.47. The maximum absolute atomic E-state index is 11.2. The second-order valence-electron chi connectivity index (χ2n) is 2.69. The second kappa shape index (κ2) is 4.28. The fourth-order valence-corrected chi connectivity index (χ4v) is 1.74. The lowest BCUT2D eigenvalue weighted by Gasteiger charge is -2.21. The fraction of sp³-hybridized carbons (Fsp3) is 0.375. The average Bonchev–Trinajstić information content (AvgIpc) is 2.43. The maximum atomic E-state index is 11.2. The summed E-state index contributed by atoms with van der Waals surface area (Å²) in [6.45, 7) is 0. The molecule has 0 spiro atoms. The van der Waals surface area contributed by atoms with Crippen molar-refractivity contribution in [3.63, 3.8) is 0 Å². The van der Waals surface area contributed by atoms with Crippen LogP contribution < -0.4 is 0 Å². The number of hydrogen-bond acceptors (Lipinski definition) is 4. The number of amides is 2. The van der Waals surface area contributed by atoms with E-state index in [1.54, 1.807) is 6.26 Å². The largest absolute Gasteiger partial charge is 0.480 e. The predicted molar refractivity (Wildman–Crippen MR) is 50.8 cm³/mol. The fourth-order valence-electron chi connectivity index (χ4n) is 1.13. The van der Waals surface area contributed by atoms with E-state index in [0.29, 0.717) is 0 Å². The molecule has 0 saturated heterocycles. The summed E-state index contributed by atoms with van der Waals surface area (Å²) >= 11 is 1.27. The van der Waals surface area contributed by atoms with E-state index in [1.165, 1.54) is 11.8 Å². The quantitative estimate of drug-likeness (QED) is 0.653. The van der Waals surface area contributed by atoms with Gasteiger partial charge in [0.05, 0.1) is 0 Å². The van der Waals surface area contributed by atoms with Gasteiger partial charge < -0.3 is 5.11 Å². The van der Waals surface area contributed by atoms with Gasteiger partial charge in [-0.15, -0.1) is 0 Å². The van der Waals surface area contributed by atoms with E-state index in [9.17, 15) is 14.4 Å². The molecule has 2 amide bonds. The number of hydrogen-bond donors (Lipinski definition) is 1. The van der Waals surface area contributed by atoms with Crippen LogP contribution in [-0.4, -0.2) is 45.8 Å². The molecule has 0 aromatic rings. The number of imide groups is 1. The Balaban J connectivity index is 2.83. The van der Waals surface area contributed by atoms with Crippen molar-refractivity contribution in [3.05, 3.63) is 12.2 Å². The number of carboxylic acid groups (broad SMARTS) is 1. The normalized spacial score (nSPS) is 17.6. The molecule has 0 aromatic heterocycles. The van der Waals surface area contributed by atoms with Crippen LogP contribution in [-0.2, 0) is 14.4 Å². The molecule has 6 heteroatoms. The minimum Gasteiger partial charge on any atom is -0.480 e. The number of nitrogens with zero attached hydrogens (tertiary/aromatic N) is 1. The van der Waals surface area contributed by atoms with E-state index in [4.69, 9.17) is 5.11 Å². The van der Waals surface area contributed by atoms with Crippen LogP contribution in [0.25, 0.3) is 0 Å². The van der Waals surface area contributed by atoms with E-state index < -0.39 is 23.8 Å². The second-order valence-corrected chi connectivity index (χ2v) is 3.60. The van der Waals surface area contributed by atoms with E-state index in [0.717, 1.165) is 17.1 Å². The average molecular weight is 215 g/mol. The number of carboxylic acids is 1. The highest BCUT2D eigenvalue weighted by Gasteiger charge is 2.35. The van der Waals surface area contributed by atoms with Crippen molar-refractivity contribution in [3.8, 4) is 0 Å². The maximum Gasteiger partial charge on any atom is 0.327 e. The molecule has 0 saturated carbocycles. The molecule has 1 N–H and O–H groups in total. The van der Waals surface area contributed by atoms with Gasteiger partial charge in [-0.3, -0.25) is 14.5 Å². The molecule has 0 radical (unpaired) electrons. The molecule has 1 aliphatic heterocycles. The first-order valence-corrected chi connectivity index (χ1v) is 5.24. The molecule has 0 bridgehead atoms. The summed E-state index contributed by atoms with van der Waals surface area (Å²) < 4.78 is 0. The summed E-state index contributed by atoms with van der Waals surface area (Å²) in [5.74, 6) is -2.08. The van der Waals surface area contributed by atoms with Crippen LogP contribution in [0.1, 0.15) is 0 Å². The van der Waals surface area contributed by atoms with Crippen molar-refractivity contribution in [1.29, 1.82) is 0 Å². The van der Waals surface area contributed by atoms with Crippen molar-refractivity contribution in [2.75, 3.05) is 12.0 Å². The first-order chi connectivity index (χ1) is 6.57. The summed E-state index contributed by atoms with van der Waals surface area (Å²) in [6, 6.07) is -1.07. The Hall–Kier alpha value is -1.30. The summed E-state index contributed by atoms with van der Waals surface area (Å²) in [7, 11) is 0. The van der Waals surface area contributed by atoms with Crippen LogP contribution in [0.2, 0.25) is 0 Å². The van der Waals surface area contributed by atoms with Crippen molar-refractivity contribution in [1.82, 2.24) is 4.90 Å². The number of aliphatic carboxylic acids is 1. The molecular weight excluding hydrogens is 206 g/mol. The first-order valence-electron chi connectivity index (χ1n) is 3.85. The van der Waals surface area contributed by atoms with Gasteiger partial charge >= 0.3 is 5.97 Å². The van der Waals surface area contributed by atoms with Gasteiger partial charge in [0.25, 0.3) is 11.8 Å². The summed E-state index contributed by atoms with van der Waals surface area (Å²) in [4.78, 5) is 33.8. The smallest absolute Gasteiger partial charge is 0.327 e. The highest BCUT2D eigenvalue weighted by atomic mass is 32.2. The molecule has 1 rings (SSSR count). The van der Waals surface area contributed by atoms with Crippen LogP contribution in [0.5, 0.6) is 0 Å². The van der Waals surface area contributed by atoms with E-state index in [1.807, 2.05) is 0 Å². The summed E-state index contributed by atoms with van der Waals surface area (Å²) in [6.07, 6.45) is 3.88. The Morgan fingerprint density at radius 2 is 2.00 bits per heavy atom. The minimum absolute atomic E-state index is 0.203. The van der Waals surface area contributed by atoms with Gasteiger partial charge in [-0.05, 0) is 6.26 Å². The Bertz CT molecular complexity index is 294. The van der Waals surface area contributed by atoms with Gasteiger partial charge in [0.1, 0.15) is 6.04 Å². The number of carbonyl (C=O) groups excluding carboxylic acids is 2. The summed E-state index contributed by atoms with van der Waals surface area (Å²) in [5, 5.41) is 8.81. The lowest BCUT2D eigenvalue weighted by atomic mass is 10.3. The SMILES string of the molecule is CSCC(C(=O)O)N1C(=O)C=CC1=O. The monoisotopic (exact) mass is 215 g/mol. The molecule has 0 aromatic carbocycles. The number of rotatable bonds is 4. The molecule has 0 aliphatic carbocycles. The lowest BCUT2D eigenvalue weighted by Crippen LogP contribution is -2.46. The van der Waals surface area contributed by atoms with Gasteiger partial charge in [0.2, 0.25) is 0 Å². The Labute approximate surface area is 84.8 Å². The summed E-state index contributed by atoms with van der Waals surface area (Å²) in [5.41, 5.74) is 0. The number of thioether (sulfide) groups is 1. The van der Waals surface area contributed by atoms with Crippen molar-refractivity contribution in [2.24, 2.45) is 0 Å². The van der Waals surface area contributed by atoms with Crippen molar-refractivity contribution in [2.45, 2.75) is 6.04 Å². The molecule has 14 heavy (non-hydrogen) atoms. The molecule has 1 atom stereocenters. The van der Waals surface area contributed by atoms with Crippen molar-refractivity contribution >= 4 is 29.5 Å². The Morgan fingerprint density at radius 3 is 2.36 bits per heavy atom. The topological polar surface area (TPSA) is 74.7 Å². The first kappa shape index (κ1) is 10.8. The van der Waals surface area contributed by atoms with Crippen LogP contribution in [0.15, 0.2) is 12.2 Å². The molecular formula is C8H9NO4S. The van der Waals surface area contributed by atoms with Crippen LogP contribution in [0.3, 0.4) is 0 Å². The molecule has 1 unspecified atom stereocenters. The predicted octanol–water partition coefficient (Wildman–Crippen LogP) is -0.272. The molecule has 76 valence electrons. The third-order valence-corrected chi connectivity index (χ3v) is 2.41. The van der Waals surface area contributed by atoms with E-state index in [2.05, 4.69) is 0 Å². The molecule has 1 heterocycles. The van der Waals surface area contributed by atoms with Crippen LogP contribution in [0.4, 0.5) is 0 Å². The zero-order valence-corrected chi connectivity index (χ0v) is 8.28. The lowest BCUT2D eigenvalue weighted by molar-refractivity contribution is -0.152. The highest BCUT2D eigenvalue weighted by Crippen LogP contribution is 2.12. The standard InChI is InChI=1S/C8H9NO4S/c1-14-4-5(8(12)13)9-6(10)2-3-7(9)11/h2-3,5H,4H2,1H3,(H,12,13). The van der Waals surface area contributed by atoms with Crippen molar-refractivity contribution < 1.29 is 19.5 Å². The highest BCUT2D eigenvalue weighted by molar-refractivity contribution is 7.98. The molecule has 1 aliphatic rings. The molecule has 0 fully saturated rings. The Morgan fingerprint density at radius 1 is 1.50 bits per heavy atom. The van der Waals surface area contributed by atoms with E-state index in [-0.39, 0.29) is 5.75 Å². The van der Waals surface area contributed by atoms with Gasteiger partial charge in [-0.25, -0.2) is 4.79 Å². The Kier molecular flexibility index (Phi) is 3.29. The van der Waals surface area contributed by atoms with Gasteiger partial charge in [0, 0.05) is 17.9 Å². The molecule has 5 nitrogen and oxygen atoms in total. The number of carbonyl (C=O) groups is 3. The third-order valence-electron chi connectivity index (χ3n) is 1.76. The van der Waals surface area contributed by atoms with E-state index >= 15 is 0 Å². The zero-order chi connectivity index (χ0) is 10.7. The van der Waals surface area contributed by atoms with Gasteiger partial charge in [0.15, 0.2) is 0 Å². The van der Waals surface area contributed by atoms with Gasteiger partial charge in [-0.1, -0.05) is 0 Å². The van der Waals surface area contributed by atoms with Gasteiger partial charge in [-0.2, -0.15) is 11.8 Å². The third kappa shape index (κ3) is 1.95. The minimum atomic E-state index is -1.16. The van der Waals surface area contributed by atoms with Crippen LogP contribution >= 0.6 is 11.8 Å². The van der Waals surface area contributed by atoms with Crippen LogP contribution in [0, 0.1) is 0 Å².